The van der Waals surface area contributed by atoms with Crippen molar-refractivity contribution in [3.8, 4) is 0 Å². The second-order valence-corrected chi connectivity index (χ2v) is 9.31. The molecule has 2 fully saturated rings. The molecule has 1 amide bonds. The Bertz CT molecular complexity index is 773. The second-order valence-electron chi connectivity index (χ2n) is 9.31. The van der Waals surface area contributed by atoms with E-state index in [0.29, 0.717) is 50.9 Å². The molecule has 1 saturated heterocycles. The summed E-state index contributed by atoms with van der Waals surface area (Å²) in [6.45, 7) is 3.40. The van der Waals surface area contributed by atoms with Crippen LogP contribution in [0.15, 0.2) is 18.2 Å². The third-order valence-electron chi connectivity index (χ3n) is 7.25. The van der Waals surface area contributed by atoms with Gasteiger partial charge in [0.1, 0.15) is 0 Å². The van der Waals surface area contributed by atoms with Crippen molar-refractivity contribution in [1.82, 2.24) is 4.90 Å². The Morgan fingerprint density at radius 2 is 1.82 bits per heavy atom. The molecule has 0 aromatic heterocycles. The number of hydrogen-bond donors (Lipinski definition) is 1. The fourth-order valence-electron chi connectivity index (χ4n) is 5.24. The Balaban J connectivity index is 1.41. The molecule has 1 unspecified atom stereocenters. The first kappa shape index (κ1) is 25.7. The third-order valence-corrected chi connectivity index (χ3v) is 7.25. The lowest BCUT2D eigenvalue weighted by Crippen LogP contribution is -2.47. The van der Waals surface area contributed by atoms with Crippen molar-refractivity contribution in [2.45, 2.75) is 57.2 Å². The standard InChI is InChI=1S/C24H35F4N3O2/c1-33-21(9-10-22(29)32)18-7-5-17(6-8-18)11-12-30-13-15-31(16-14-30)20-4-2-3-19(23(20)25)24(26,27)28/h2-4,17-18,21H,5-16H2,1H3,(H2,29,32). The number of carbonyl (C=O) groups excluding carboxylic acids is 1. The number of primary amides is 1. The van der Waals surface area contributed by atoms with Crippen LogP contribution in [-0.4, -0.2) is 56.7 Å². The zero-order valence-corrected chi connectivity index (χ0v) is 19.2. The quantitative estimate of drug-likeness (QED) is 0.539. The van der Waals surface area contributed by atoms with E-state index in [9.17, 15) is 22.4 Å². The van der Waals surface area contributed by atoms with Gasteiger partial charge in [-0.05, 0) is 56.2 Å². The summed E-state index contributed by atoms with van der Waals surface area (Å²) < 4.78 is 59.0. The van der Waals surface area contributed by atoms with Crippen molar-refractivity contribution in [2.24, 2.45) is 17.6 Å². The maximum absolute atomic E-state index is 14.4. The van der Waals surface area contributed by atoms with E-state index in [1.165, 1.54) is 12.1 Å². The molecule has 1 aliphatic carbocycles. The maximum Gasteiger partial charge on any atom is 0.419 e. The summed E-state index contributed by atoms with van der Waals surface area (Å²) in [4.78, 5) is 15.1. The van der Waals surface area contributed by atoms with Gasteiger partial charge in [0.2, 0.25) is 5.91 Å². The highest BCUT2D eigenvalue weighted by Crippen LogP contribution is 2.36. The largest absolute Gasteiger partial charge is 0.419 e. The molecule has 1 heterocycles. The molecule has 1 atom stereocenters. The molecule has 1 aromatic rings. The average molecular weight is 474 g/mol. The van der Waals surface area contributed by atoms with Crippen LogP contribution in [0.5, 0.6) is 0 Å². The van der Waals surface area contributed by atoms with E-state index < -0.39 is 17.6 Å². The van der Waals surface area contributed by atoms with Crippen molar-refractivity contribution in [2.75, 3.05) is 44.7 Å². The van der Waals surface area contributed by atoms with Crippen molar-refractivity contribution in [3.05, 3.63) is 29.6 Å². The fraction of sp³-hybridized carbons (Fsp3) is 0.708. The predicted octanol–water partition coefficient (Wildman–Crippen LogP) is 4.44. The van der Waals surface area contributed by atoms with Crippen LogP contribution < -0.4 is 10.6 Å². The van der Waals surface area contributed by atoms with Crippen LogP contribution >= 0.6 is 0 Å². The maximum atomic E-state index is 14.4. The van der Waals surface area contributed by atoms with Crippen molar-refractivity contribution >= 4 is 11.6 Å². The van der Waals surface area contributed by atoms with Gasteiger partial charge in [0.25, 0.3) is 0 Å². The molecule has 33 heavy (non-hydrogen) atoms. The SMILES string of the molecule is COC(CCC(N)=O)C1CCC(CCN2CCN(c3cccc(C(F)(F)F)c3F)CC2)CC1. The van der Waals surface area contributed by atoms with E-state index in [2.05, 4.69) is 4.90 Å². The fourth-order valence-corrected chi connectivity index (χ4v) is 5.24. The Morgan fingerprint density at radius 1 is 1.15 bits per heavy atom. The molecule has 5 nitrogen and oxygen atoms in total. The van der Waals surface area contributed by atoms with E-state index in [1.807, 2.05) is 0 Å². The van der Waals surface area contributed by atoms with Gasteiger partial charge in [-0.3, -0.25) is 9.69 Å². The highest BCUT2D eigenvalue weighted by atomic mass is 19.4. The second kappa shape index (κ2) is 11.5. The van der Waals surface area contributed by atoms with Gasteiger partial charge < -0.3 is 15.4 Å². The number of halogens is 4. The van der Waals surface area contributed by atoms with Crippen molar-refractivity contribution in [1.29, 1.82) is 0 Å². The Labute approximate surface area is 193 Å². The molecular formula is C24H35F4N3O2. The lowest BCUT2D eigenvalue weighted by Gasteiger charge is -2.38. The normalized spacial score (nSPS) is 23.5. The predicted molar refractivity (Wildman–Crippen MR) is 119 cm³/mol. The molecule has 1 aromatic carbocycles. The van der Waals surface area contributed by atoms with Crippen LogP contribution in [0.3, 0.4) is 0 Å². The first-order valence-corrected chi connectivity index (χ1v) is 11.8. The smallest absolute Gasteiger partial charge is 0.381 e. The Kier molecular flexibility index (Phi) is 8.98. The number of nitrogens with zero attached hydrogens (tertiary/aromatic N) is 2. The van der Waals surface area contributed by atoms with E-state index >= 15 is 0 Å². The van der Waals surface area contributed by atoms with Crippen LogP contribution in [0, 0.1) is 17.7 Å². The number of anilines is 1. The number of benzene rings is 1. The van der Waals surface area contributed by atoms with Crippen LogP contribution in [0.1, 0.15) is 50.5 Å². The van der Waals surface area contributed by atoms with E-state index in [1.54, 1.807) is 12.0 Å². The van der Waals surface area contributed by atoms with Crippen LogP contribution in [0.2, 0.25) is 0 Å². The highest BCUT2D eigenvalue weighted by Gasteiger charge is 2.36. The molecule has 2 N–H and O–H groups in total. The minimum Gasteiger partial charge on any atom is -0.381 e. The highest BCUT2D eigenvalue weighted by molar-refractivity contribution is 5.73. The molecule has 0 spiro atoms. The lowest BCUT2D eigenvalue weighted by molar-refractivity contribution is -0.139. The number of nitrogens with two attached hydrogens (primary N) is 1. The molecule has 0 bridgehead atoms. The zero-order chi connectivity index (χ0) is 24.0. The molecule has 1 saturated carbocycles. The van der Waals surface area contributed by atoms with E-state index in [4.69, 9.17) is 10.5 Å². The number of methoxy groups -OCH3 is 1. The van der Waals surface area contributed by atoms with Gasteiger partial charge >= 0.3 is 6.18 Å². The average Bonchev–Trinajstić information content (AvgIpc) is 2.78. The summed E-state index contributed by atoms with van der Waals surface area (Å²) in [5.74, 6) is -0.354. The summed E-state index contributed by atoms with van der Waals surface area (Å²) in [5, 5.41) is 0. The first-order chi connectivity index (χ1) is 15.7. The van der Waals surface area contributed by atoms with E-state index in [-0.39, 0.29) is 17.7 Å². The third kappa shape index (κ3) is 7.06. The minimum absolute atomic E-state index is 0.0341. The number of carbonyl (C=O) groups is 1. The number of hydrogen-bond acceptors (Lipinski definition) is 4. The Morgan fingerprint density at radius 3 is 2.39 bits per heavy atom. The molecule has 9 heteroatoms. The van der Waals surface area contributed by atoms with Crippen molar-refractivity contribution < 1.29 is 27.1 Å². The topological polar surface area (TPSA) is 58.8 Å². The van der Waals surface area contributed by atoms with Gasteiger partial charge in [0.05, 0.1) is 17.4 Å². The minimum atomic E-state index is -4.69. The van der Waals surface area contributed by atoms with Gasteiger partial charge in [0, 0.05) is 39.7 Å². The first-order valence-electron chi connectivity index (χ1n) is 11.8. The van der Waals surface area contributed by atoms with Crippen LogP contribution in [0.4, 0.5) is 23.2 Å². The van der Waals surface area contributed by atoms with Gasteiger partial charge in [0.15, 0.2) is 5.82 Å². The zero-order valence-electron chi connectivity index (χ0n) is 19.2. The monoisotopic (exact) mass is 473 g/mol. The van der Waals surface area contributed by atoms with Gasteiger partial charge in [-0.15, -0.1) is 0 Å². The van der Waals surface area contributed by atoms with Gasteiger partial charge in [-0.2, -0.15) is 13.2 Å². The van der Waals surface area contributed by atoms with Gasteiger partial charge in [-0.25, -0.2) is 4.39 Å². The summed E-state index contributed by atoms with van der Waals surface area (Å²) >= 11 is 0. The molecule has 186 valence electrons. The molecule has 2 aliphatic rings. The Hall–Kier alpha value is -1.87. The summed E-state index contributed by atoms with van der Waals surface area (Å²) in [6.07, 6.45) is 1.97. The number of piperazine rings is 1. The summed E-state index contributed by atoms with van der Waals surface area (Å²) in [6, 6.07) is 3.48. The molecule has 0 radical (unpaired) electrons. The molecule has 1 aliphatic heterocycles. The number of amides is 1. The van der Waals surface area contributed by atoms with E-state index in [0.717, 1.165) is 44.7 Å². The number of alkyl halides is 3. The number of ether oxygens (including phenoxy) is 1. The van der Waals surface area contributed by atoms with Gasteiger partial charge in [-0.1, -0.05) is 18.9 Å². The summed E-state index contributed by atoms with van der Waals surface area (Å²) in [7, 11) is 1.70. The van der Waals surface area contributed by atoms with Crippen LogP contribution in [0.25, 0.3) is 0 Å². The number of rotatable bonds is 9. The summed E-state index contributed by atoms with van der Waals surface area (Å²) in [5.41, 5.74) is 4.09. The van der Waals surface area contributed by atoms with Crippen LogP contribution in [-0.2, 0) is 15.7 Å². The molecule has 3 rings (SSSR count). The molecular weight excluding hydrogens is 438 g/mol. The lowest BCUT2D eigenvalue weighted by atomic mass is 9.77. The van der Waals surface area contributed by atoms with Crippen molar-refractivity contribution in [3.63, 3.8) is 0 Å².